The second-order valence-electron chi connectivity index (χ2n) is 8.27. The molecular formula is C27H19N3O5S. The highest BCUT2D eigenvalue weighted by Gasteiger charge is 2.45. The van der Waals surface area contributed by atoms with Gasteiger partial charge < -0.3 is 5.11 Å². The summed E-state index contributed by atoms with van der Waals surface area (Å²) in [7, 11) is 0. The molecule has 1 amide bonds. The van der Waals surface area contributed by atoms with Gasteiger partial charge in [-0.05, 0) is 41.8 Å². The minimum Gasteiger partial charge on any atom is -0.503 e. The quantitative estimate of drug-likeness (QED) is 0.208. The van der Waals surface area contributed by atoms with Crippen LogP contribution in [-0.2, 0) is 9.59 Å². The van der Waals surface area contributed by atoms with Crippen LogP contribution in [0.15, 0.2) is 90.2 Å². The number of benzene rings is 3. The number of allylic oxidation sites excluding steroid dienone is 1. The average molecular weight is 498 g/mol. The molecule has 5 rings (SSSR count). The van der Waals surface area contributed by atoms with Crippen LogP contribution in [0.5, 0.6) is 0 Å². The third-order valence-corrected chi connectivity index (χ3v) is 6.85. The first-order chi connectivity index (χ1) is 17.3. The number of fused-ring (bicyclic) bond motifs is 1. The van der Waals surface area contributed by atoms with Crippen LogP contribution in [0.3, 0.4) is 0 Å². The summed E-state index contributed by atoms with van der Waals surface area (Å²) in [5.74, 6) is -2.08. The highest BCUT2D eigenvalue weighted by Crippen LogP contribution is 2.44. The Bertz CT molecular complexity index is 1590. The number of nitro benzene ring substituents is 1. The minimum atomic E-state index is -1.09. The number of thiazole rings is 1. The molecule has 2 heterocycles. The maximum atomic E-state index is 13.3. The molecule has 36 heavy (non-hydrogen) atoms. The molecule has 0 saturated heterocycles. The molecule has 1 aliphatic rings. The zero-order valence-electron chi connectivity index (χ0n) is 19.0. The normalized spacial score (nSPS) is 15.9. The number of ketones is 1. The van der Waals surface area contributed by atoms with E-state index >= 15 is 0 Å². The zero-order chi connectivity index (χ0) is 25.4. The molecule has 1 aliphatic heterocycles. The first kappa shape index (κ1) is 23.1. The molecule has 0 spiro atoms. The van der Waals surface area contributed by atoms with Gasteiger partial charge in [0.1, 0.15) is 0 Å². The van der Waals surface area contributed by atoms with Crippen LogP contribution in [0.25, 0.3) is 16.3 Å². The summed E-state index contributed by atoms with van der Waals surface area (Å²) < 4.78 is 0.832. The molecule has 4 aromatic rings. The van der Waals surface area contributed by atoms with Crippen molar-refractivity contribution in [2.45, 2.75) is 13.0 Å². The monoisotopic (exact) mass is 497 g/mol. The summed E-state index contributed by atoms with van der Waals surface area (Å²) in [6.45, 7) is 1.94. The Morgan fingerprint density at radius 2 is 1.89 bits per heavy atom. The molecule has 8 nitrogen and oxygen atoms in total. The van der Waals surface area contributed by atoms with E-state index in [0.29, 0.717) is 11.1 Å². The van der Waals surface area contributed by atoms with Crippen LogP contribution >= 0.6 is 11.3 Å². The van der Waals surface area contributed by atoms with E-state index in [1.165, 1.54) is 40.5 Å². The third kappa shape index (κ3) is 4.16. The Labute approximate surface area is 209 Å². The number of amides is 1. The summed E-state index contributed by atoms with van der Waals surface area (Å²) >= 11 is 1.24. The van der Waals surface area contributed by atoms with Crippen molar-refractivity contribution >= 4 is 50.1 Å². The standard InChI is InChI=1S/C27H19N3O5S/c1-16-10-12-20-22(14-16)36-27(28-20)29-24(18-8-5-9-19(15-18)30(34)35)23(25(32)26(29)33)21(31)13-11-17-6-3-2-4-7-17/h2-15,24,32H,1H3. The van der Waals surface area contributed by atoms with E-state index < -0.39 is 28.4 Å². The van der Waals surface area contributed by atoms with Crippen molar-refractivity contribution in [2.24, 2.45) is 0 Å². The molecule has 1 aromatic heterocycles. The number of rotatable bonds is 6. The molecule has 178 valence electrons. The number of non-ortho nitro benzene ring substituents is 1. The Balaban J connectivity index is 1.63. The second kappa shape index (κ2) is 9.20. The van der Waals surface area contributed by atoms with E-state index in [1.54, 1.807) is 12.1 Å². The molecule has 0 saturated carbocycles. The number of nitrogens with zero attached hydrogens (tertiary/aromatic N) is 3. The Morgan fingerprint density at radius 3 is 2.64 bits per heavy atom. The number of aliphatic hydroxyl groups is 1. The van der Waals surface area contributed by atoms with Gasteiger partial charge in [-0.15, -0.1) is 0 Å². The topological polar surface area (TPSA) is 114 Å². The van der Waals surface area contributed by atoms with Crippen molar-refractivity contribution in [3.8, 4) is 0 Å². The Morgan fingerprint density at radius 1 is 1.11 bits per heavy atom. The molecule has 1 N–H and O–H groups in total. The van der Waals surface area contributed by atoms with Gasteiger partial charge in [0.25, 0.3) is 11.6 Å². The lowest BCUT2D eigenvalue weighted by Crippen LogP contribution is -2.30. The molecule has 0 radical (unpaired) electrons. The molecule has 3 aromatic carbocycles. The highest BCUT2D eigenvalue weighted by atomic mass is 32.1. The van der Waals surface area contributed by atoms with E-state index in [4.69, 9.17) is 0 Å². The van der Waals surface area contributed by atoms with Gasteiger partial charge in [-0.25, -0.2) is 4.98 Å². The number of hydrogen-bond acceptors (Lipinski definition) is 7. The van der Waals surface area contributed by atoms with Crippen molar-refractivity contribution in [1.29, 1.82) is 0 Å². The van der Waals surface area contributed by atoms with Gasteiger partial charge in [-0.1, -0.05) is 65.9 Å². The smallest absolute Gasteiger partial charge is 0.296 e. The Hall–Kier alpha value is -4.63. The van der Waals surface area contributed by atoms with Gasteiger partial charge in [0.15, 0.2) is 16.7 Å². The molecule has 0 aliphatic carbocycles. The van der Waals surface area contributed by atoms with Crippen molar-refractivity contribution in [2.75, 3.05) is 4.90 Å². The predicted octanol–water partition coefficient (Wildman–Crippen LogP) is 5.70. The Kier molecular flexibility index (Phi) is 5.91. The summed E-state index contributed by atoms with van der Waals surface area (Å²) in [6.07, 6.45) is 2.87. The summed E-state index contributed by atoms with van der Waals surface area (Å²) in [5, 5.41) is 22.6. The van der Waals surface area contributed by atoms with E-state index in [0.717, 1.165) is 15.8 Å². The highest BCUT2D eigenvalue weighted by molar-refractivity contribution is 7.22. The lowest BCUT2D eigenvalue weighted by atomic mass is 9.95. The number of carbonyl (C=O) groups is 2. The predicted molar refractivity (Wildman–Crippen MR) is 138 cm³/mol. The van der Waals surface area contributed by atoms with Gasteiger partial charge in [-0.2, -0.15) is 0 Å². The average Bonchev–Trinajstić information content (AvgIpc) is 3.41. The summed E-state index contributed by atoms with van der Waals surface area (Å²) in [4.78, 5) is 43.3. The number of aryl methyl sites for hydroxylation is 1. The van der Waals surface area contributed by atoms with Crippen molar-refractivity contribution < 1.29 is 19.6 Å². The second-order valence-corrected chi connectivity index (χ2v) is 9.28. The number of hydrogen-bond donors (Lipinski definition) is 1. The van der Waals surface area contributed by atoms with E-state index in [1.807, 2.05) is 55.5 Å². The molecule has 9 heteroatoms. The first-order valence-electron chi connectivity index (χ1n) is 11.0. The fraction of sp³-hybridized carbons (Fsp3) is 0.0741. The molecule has 0 fully saturated rings. The maximum Gasteiger partial charge on any atom is 0.296 e. The van der Waals surface area contributed by atoms with Gasteiger partial charge in [0, 0.05) is 12.1 Å². The summed E-state index contributed by atoms with van der Waals surface area (Å²) in [6, 6.07) is 19.4. The van der Waals surface area contributed by atoms with Crippen molar-refractivity contribution in [1.82, 2.24) is 4.98 Å². The van der Waals surface area contributed by atoms with Crippen LogP contribution in [0.1, 0.15) is 22.7 Å². The number of nitro groups is 1. The number of aromatic nitrogens is 1. The van der Waals surface area contributed by atoms with Crippen LogP contribution in [0.2, 0.25) is 0 Å². The SMILES string of the molecule is Cc1ccc2nc(N3C(=O)C(O)=C(C(=O)C=Cc4ccccc4)C3c3cccc([N+](=O)[O-])c3)sc2c1. The molecule has 0 bridgehead atoms. The lowest BCUT2D eigenvalue weighted by Gasteiger charge is -2.24. The van der Waals surface area contributed by atoms with Crippen LogP contribution < -0.4 is 4.90 Å². The van der Waals surface area contributed by atoms with Gasteiger partial charge >= 0.3 is 0 Å². The first-order valence-corrected chi connectivity index (χ1v) is 11.8. The largest absolute Gasteiger partial charge is 0.503 e. The van der Waals surface area contributed by atoms with E-state index in [2.05, 4.69) is 4.98 Å². The third-order valence-electron chi connectivity index (χ3n) is 5.84. The fourth-order valence-electron chi connectivity index (χ4n) is 4.13. The van der Waals surface area contributed by atoms with Gasteiger partial charge in [0.05, 0.1) is 26.8 Å². The number of carbonyl (C=O) groups excluding carboxylic acids is 2. The number of aliphatic hydroxyl groups excluding tert-OH is 1. The van der Waals surface area contributed by atoms with Crippen molar-refractivity contribution in [3.63, 3.8) is 0 Å². The van der Waals surface area contributed by atoms with Gasteiger partial charge in [-0.3, -0.25) is 24.6 Å². The van der Waals surface area contributed by atoms with Crippen LogP contribution in [0, 0.1) is 17.0 Å². The molecular weight excluding hydrogens is 478 g/mol. The fourth-order valence-corrected chi connectivity index (χ4v) is 5.22. The minimum absolute atomic E-state index is 0.164. The molecule has 1 atom stereocenters. The number of anilines is 1. The van der Waals surface area contributed by atoms with E-state index in [-0.39, 0.29) is 16.4 Å². The van der Waals surface area contributed by atoms with E-state index in [9.17, 15) is 24.8 Å². The van der Waals surface area contributed by atoms with Crippen molar-refractivity contribution in [3.05, 3.63) is 117 Å². The van der Waals surface area contributed by atoms with Crippen LogP contribution in [0.4, 0.5) is 10.8 Å². The lowest BCUT2D eigenvalue weighted by molar-refractivity contribution is -0.384. The zero-order valence-corrected chi connectivity index (χ0v) is 19.8. The van der Waals surface area contributed by atoms with Gasteiger partial charge in [0.2, 0.25) is 0 Å². The summed E-state index contributed by atoms with van der Waals surface area (Å²) in [5.41, 5.74) is 2.40. The van der Waals surface area contributed by atoms with Crippen LogP contribution in [-0.4, -0.2) is 26.7 Å². The maximum absolute atomic E-state index is 13.3. The molecule has 1 unspecified atom stereocenters.